The molecule has 1 aromatic heterocycles. The SMILES string of the molecule is CCCCCCCCC(=O)OCC(COC(=O)CCCCCCCC)CC(=O)OC[C@@H]1C[C@H](COC(=O)CC(COC(=O)CCCCCCCC)COC(=O)CCCCCCCC)N1C(=O)OCCCNc1ccncc1. The summed E-state index contributed by atoms with van der Waals surface area (Å²) in [6.07, 6.45) is 28.6. The molecule has 440 valence electrons. The van der Waals surface area contributed by atoms with Crippen molar-refractivity contribution in [1.29, 1.82) is 0 Å². The molecule has 17 nitrogen and oxygen atoms in total. The first-order chi connectivity index (χ1) is 37.5. The molecule has 1 aliphatic heterocycles. The zero-order chi connectivity index (χ0) is 56.0. The standard InChI is InChI=1S/C60H101N3O14/c1-5-9-13-17-21-25-30-54(64)72-43-49(44-73-55(65)31-26-22-18-14-10-6-2)40-58(68)76-47-52-42-53(63(52)60(70)71-39-29-36-62-51-34-37-61-38-35-51)48-77-59(69)41-50(45-74-56(66)32-27-23-19-15-11-7-3)46-75-57(67)33-28-24-20-16-12-8-4/h34-35,37-38,49-50,52-53H,5-33,36,39-48H2,1-4H3,(H,61,62)/t52-,53+. The van der Waals surface area contributed by atoms with Crippen LogP contribution in [-0.2, 0) is 61.9 Å². The van der Waals surface area contributed by atoms with E-state index in [0.717, 1.165) is 134 Å². The van der Waals surface area contributed by atoms with Gasteiger partial charge in [-0.2, -0.15) is 0 Å². The lowest BCUT2D eigenvalue weighted by Gasteiger charge is -2.46. The van der Waals surface area contributed by atoms with Gasteiger partial charge < -0.3 is 38.5 Å². The monoisotopic (exact) mass is 1090 g/mol. The highest BCUT2D eigenvalue weighted by molar-refractivity contribution is 5.73. The van der Waals surface area contributed by atoms with Gasteiger partial charge in [-0.1, -0.05) is 156 Å². The predicted molar refractivity (Wildman–Crippen MR) is 297 cm³/mol. The largest absolute Gasteiger partial charge is 0.465 e. The second-order valence-corrected chi connectivity index (χ2v) is 20.9. The van der Waals surface area contributed by atoms with E-state index in [1.165, 1.54) is 4.90 Å². The van der Waals surface area contributed by atoms with E-state index in [0.29, 0.717) is 45.1 Å². The Morgan fingerprint density at radius 3 is 1.14 bits per heavy atom. The molecule has 1 aliphatic rings. The third-order valence-electron chi connectivity index (χ3n) is 13.7. The van der Waals surface area contributed by atoms with Crippen LogP contribution in [0.4, 0.5) is 10.5 Å². The van der Waals surface area contributed by atoms with Gasteiger partial charge in [-0.15, -0.1) is 0 Å². The van der Waals surface area contributed by atoms with Gasteiger partial charge in [0, 0.05) is 62.1 Å². The summed E-state index contributed by atoms with van der Waals surface area (Å²) in [5, 5.41) is 3.25. The number of hydrogen-bond donors (Lipinski definition) is 1. The fourth-order valence-electron chi connectivity index (χ4n) is 8.93. The summed E-state index contributed by atoms with van der Waals surface area (Å²) in [5.74, 6) is -4.02. The number of unbranched alkanes of at least 4 members (excludes halogenated alkanes) is 20. The zero-order valence-electron chi connectivity index (χ0n) is 48.0. The van der Waals surface area contributed by atoms with Crippen LogP contribution in [0.1, 0.15) is 233 Å². The highest BCUT2D eigenvalue weighted by atomic mass is 16.6. The first-order valence-electron chi connectivity index (χ1n) is 30.0. The van der Waals surface area contributed by atoms with Gasteiger partial charge in [0.05, 0.1) is 58.0 Å². The molecular formula is C60H101N3O14. The number of esters is 6. The number of pyridine rings is 1. The number of aromatic nitrogens is 1. The van der Waals surface area contributed by atoms with E-state index in [1.54, 1.807) is 12.4 Å². The normalized spacial score (nSPS) is 13.9. The molecule has 2 atom stereocenters. The van der Waals surface area contributed by atoms with Gasteiger partial charge in [0.2, 0.25) is 0 Å². The van der Waals surface area contributed by atoms with Gasteiger partial charge in [-0.3, -0.25) is 38.7 Å². The number of ether oxygens (including phenoxy) is 7. The molecule has 0 aromatic carbocycles. The summed E-state index contributed by atoms with van der Waals surface area (Å²) in [6.45, 7) is 8.37. The van der Waals surface area contributed by atoms with E-state index in [1.807, 2.05) is 12.1 Å². The molecule has 1 N–H and O–H groups in total. The second-order valence-electron chi connectivity index (χ2n) is 20.9. The third-order valence-corrected chi connectivity index (χ3v) is 13.7. The van der Waals surface area contributed by atoms with E-state index in [4.69, 9.17) is 33.2 Å². The molecule has 0 radical (unpaired) electrons. The van der Waals surface area contributed by atoms with Gasteiger partial charge in [0.15, 0.2) is 0 Å². The van der Waals surface area contributed by atoms with Crippen LogP contribution in [0, 0.1) is 11.8 Å². The Morgan fingerprint density at radius 1 is 0.455 bits per heavy atom. The van der Waals surface area contributed by atoms with Crippen molar-refractivity contribution in [3.8, 4) is 0 Å². The molecule has 0 saturated carbocycles. The number of carbonyl (C=O) groups is 7. The van der Waals surface area contributed by atoms with Crippen molar-refractivity contribution in [3.63, 3.8) is 0 Å². The van der Waals surface area contributed by atoms with Gasteiger partial charge in [0.1, 0.15) is 13.2 Å². The molecule has 0 bridgehead atoms. The van der Waals surface area contributed by atoms with Crippen LogP contribution < -0.4 is 5.32 Å². The van der Waals surface area contributed by atoms with Crippen LogP contribution in [0.25, 0.3) is 0 Å². The number of carbonyl (C=O) groups excluding carboxylic acids is 7. The van der Waals surface area contributed by atoms with E-state index < -0.39 is 42.0 Å². The number of anilines is 1. The smallest absolute Gasteiger partial charge is 0.410 e. The lowest BCUT2D eigenvalue weighted by molar-refractivity contribution is -0.159. The van der Waals surface area contributed by atoms with Crippen molar-refractivity contribution < 1.29 is 66.7 Å². The fourth-order valence-corrected chi connectivity index (χ4v) is 8.93. The summed E-state index contributed by atoms with van der Waals surface area (Å²) < 4.78 is 39.4. The number of likely N-dealkylation sites (tertiary alicyclic amines) is 1. The summed E-state index contributed by atoms with van der Waals surface area (Å²) in [4.78, 5) is 96.7. The van der Waals surface area contributed by atoms with Crippen molar-refractivity contribution in [2.45, 2.75) is 245 Å². The van der Waals surface area contributed by atoms with Crippen molar-refractivity contribution >= 4 is 47.6 Å². The number of nitrogens with zero attached hydrogens (tertiary/aromatic N) is 2. The minimum Gasteiger partial charge on any atom is -0.465 e. The maximum atomic E-state index is 13.7. The van der Waals surface area contributed by atoms with E-state index in [2.05, 4.69) is 38.0 Å². The van der Waals surface area contributed by atoms with Crippen LogP contribution in [0.3, 0.4) is 0 Å². The van der Waals surface area contributed by atoms with E-state index in [-0.39, 0.29) is 109 Å². The van der Waals surface area contributed by atoms with Crippen LogP contribution >= 0.6 is 0 Å². The highest BCUT2D eigenvalue weighted by Crippen LogP contribution is 2.28. The molecule has 1 aromatic rings. The summed E-state index contributed by atoms with van der Waals surface area (Å²) in [7, 11) is 0. The van der Waals surface area contributed by atoms with E-state index >= 15 is 0 Å². The molecule has 2 rings (SSSR count). The molecule has 1 fully saturated rings. The molecular weight excluding hydrogens is 987 g/mol. The average molecular weight is 1090 g/mol. The second kappa shape index (κ2) is 46.0. The number of amides is 1. The Bertz CT molecular complexity index is 1580. The topological polar surface area (TPSA) is 212 Å². The van der Waals surface area contributed by atoms with Crippen molar-refractivity contribution in [2.24, 2.45) is 11.8 Å². The number of rotatable bonds is 49. The van der Waals surface area contributed by atoms with Crippen LogP contribution in [0.15, 0.2) is 24.5 Å². The van der Waals surface area contributed by atoms with E-state index in [9.17, 15) is 33.6 Å². The maximum Gasteiger partial charge on any atom is 0.410 e. The summed E-state index contributed by atoms with van der Waals surface area (Å²) >= 11 is 0. The zero-order valence-corrected chi connectivity index (χ0v) is 48.0. The minimum absolute atomic E-state index is 0.0834. The quantitative estimate of drug-likeness (QED) is 0.0365. The molecule has 2 heterocycles. The molecule has 0 unspecified atom stereocenters. The Morgan fingerprint density at radius 2 is 0.792 bits per heavy atom. The fraction of sp³-hybridized carbons (Fsp3) is 0.800. The van der Waals surface area contributed by atoms with Gasteiger partial charge in [-0.25, -0.2) is 4.79 Å². The van der Waals surface area contributed by atoms with Crippen LogP contribution in [0.5, 0.6) is 0 Å². The average Bonchev–Trinajstić information content (AvgIpc) is 3.41. The van der Waals surface area contributed by atoms with Crippen molar-refractivity contribution in [1.82, 2.24) is 9.88 Å². The van der Waals surface area contributed by atoms with Gasteiger partial charge >= 0.3 is 41.9 Å². The lowest BCUT2D eigenvalue weighted by atomic mass is 9.94. The summed E-state index contributed by atoms with van der Waals surface area (Å²) in [6, 6.07) is 2.46. The maximum absolute atomic E-state index is 13.7. The molecule has 17 heteroatoms. The lowest BCUT2D eigenvalue weighted by Crippen LogP contribution is -2.62. The molecule has 0 aliphatic carbocycles. The van der Waals surface area contributed by atoms with Gasteiger partial charge in [-0.05, 0) is 50.7 Å². The molecule has 77 heavy (non-hydrogen) atoms. The minimum atomic E-state index is -0.665. The number of hydrogen-bond acceptors (Lipinski definition) is 16. The highest BCUT2D eigenvalue weighted by Gasteiger charge is 2.44. The molecule has 1 saturated heterocycles. The Kier molecular flexibility index (Phi) is 40.7. The first-order valence-corrected chi connectivity index (χ1v) is 30.0. The van der Waals surface area contributed by atoms with Crippen LogP contribution in [0.2, 0.25) is 0 Å². The van der Waals surface area contributed by atoms with Crippen molar-refractivity contribution in [2.75, 3.05) is 58.1 Å². The number of nitrogens with one attached hydrogen (secondary N) is 1. The third kappa shape index (κ3) is 36.0. The Hall–Kier alpha value is -4.96. The predicted octanol–water partition coefficient (Wildman–Crippen LogP) is 12.7. The van der Waals surface area contributed by atoms with Gasteiger partial charge in [0.25, 0.3) is 0 Å². The molecule has 0 spiro atoms. The molecule has 1 amide bonds. The Labute approximate surface area is 462 Å². The van der Waals surface area contributed by atoms with Crippen LogP contribution in [-0.4, -0.2) is 117 Å². The first kappa shape index (κ1) is 68.1. The van der Waals surface area contributed by atoms with Crippen molar-refractivity contribution in [3.05, 3.63) is 24.5 Å². The Balaban J connectivity index is 2.08. The summed E-state index contributed by atoms with van der Waals surface area (Å²) in [5.41, 5.74) is 0.873.